The summed E-state index contributed by atoms with van der Waals surface area (Å²) < 4.78 is 13.3. The molecular weight excluding hydrogens is 390 g/mol. The van der Waals surface area contributed by atoms with Crippen LogP contribution in [0.15, 0.2) is 65.3 Å². The Hall–Kier alpha value is -3.54. The van der Waals surface area contributed by atoms with E-state index in [-0.39, 0.29) is 12.5 Å². The number of ether oxygens (including phenoxy) is 1. The molecule has 0 saturated heterocycles. The fourth-order valence-corrected chi connectivity index (χ4v) is 4.32. The highest BCUT2D eigenvalue weighted by molar-refractivity contribution is 5.84. The number of nitrogens with zero attached hydrogens (tertiary/aromatic N) is 3. The van der Waals surface area contributed by atoms with Crippen LogP contribution in [0.3, 0.4) is 0 Å². The molecule has 0 bridgehead atoms. The molecule has 158 valence electrons. The van der Waals surface area contributed by atoms with Gasteiger partial charge in [-0.3, -0.25) is 9.48 Å². The minimum atomic E-state index is -0.0954. The molecule has 0 N–H and O–H groups in total. The van der Waals surface area contributed by atoms with Gasteiger partial charge in [-0.1, -0.05) is 30.3 Å². The highest BCUT2D eigenvalue weighted by atomic mass is 16.5. The van der Waals surface area contributed by atoms with E-state index in [2.05, 4.69) is 11.2 Å². The van der Waals surface area contributed by atoms with Gasteiger partial charge >= 0.3 is 0 Å². The van der Waals surface area contributed by atoms with Crippen LogP contribution in [0.25, 0.3) is 10.8 Å². The molecule has 0 spiro atoms. The molecule has 4 aromatic rings. The monoisotopic (exact) mass is 415 g/mol. The van der Waals surface area contributed by atoms with E-state index in [1.165, 1.54) is 11.3 Å². The van der Waals surface area contributed by atoms with Gasteiger partial charge in [-0.2, -0.15) is 5.10 Å². The second-order valence-electron chi connectivity index (χ2n) is 7.98. The maximum absolute atomic E-state index is 13.1. The second kappa shape index (κ2) is 8.30. The molecule has 0 fully saturated rings. The van der Waals surface area contributed by atoms with Crippen molar-refractivity contribution in [2.75, 3.05) is 6.61 Å². The Morgan fingerprint density at radius 1 is 1.10 bits per heavy atom. The number of aryl methyl sites for hydroxylation is 1. The zero-order chi connectivity index (χ0) is 21.2. The Labute approximate surface area is 181 Å². The zero-order valence-electron chi connectivity index (χ0n) is 17.6. The first-order chi connectivity index (χ1) is 15.2. The van der Waals surface area contributed by atoms with Gasteiger partial charge in [0.05, 0.1) is 25.0 Å². The Morgan fingerprint density at radius 3 is 2.81 bits per heavy atom. The molecule has 1 aliphatic carbocycles. The van der Waals surface area contributed by atoms with Crippen molar-refractivity contribution in [2.24, 2.45) is 7.05 Å². The van der Waals surface area contributed by atoms with Crippen molar-refractivity contribution >= 4 is 16.7 Å². The van der Waals surface area contributed by atoms with Crippen LogP contribution in [0.4, 0.5) is 0 Å². The average Bonchev–Trinajstić information content (AvgIpc) is 3.52. The molecule has 2 aromatic heterocycles. The smallest absolute Gasteiger partial charge is 0.261 e. The number of hydrogen-bond acceptors (Lipinski definition) is 4. The highest BCUT2D eigenvalue weighted by Gasteiger charge is 2.25. The van der Waals surface area contributed by atoms with Crippen LogP contribution in [0.5, 0.6) is 5.75 Å². The summed E-state index contributed by atoms with van der Waals surface area (Å²) >= 11 is 0. The van der Waals surface area contributed by atoms with Crippen molar-refractivity contribution in [1.29, 1.82) is 0 Å². The number of fused-ring (bicyclic) bond motifs is 2. The summed E-state index contributed by atoms with van der Waals surface area (Å²) in [7, 11) is 1.98. The Balaban J connectivity index is 1.33. The predicted octanol–water partition coefficient (Wildman–Crippen LogP) is 4.26. The first kappa shape index (κ1) is 19.4. The summed E-state index contributed by atoms with van der Waals surface area (Å²) in [6, 6.07) is 17.7. The van der Waals surface area contributed by atoms with E-state index in [0.717, 1.165) is 41.5 Å². The van der Waals surface area contributed by atoms with E-state index in [1.807, 2.05) is 60.3 Å². The topological polar surface area (TPSA) is 60.5 Å². The minimum absolute atomic E-state index is 0.0337. The largest absolute Gasteiger partial charge is 0.484 e. The lowest BCUT2D eigenvalue weighted by Crippen LogP contribution is -2.34. The minimum Gasteiger partial charge on any atom is -0.484 e. The summed E-state index contributed by atoms with van der Waals surface area (Å²) in [5.41, 5.74) is 3.55. The van der Waals surface area contributed by atoms with Crippen LogP contribution < -0.4 is 4.74 Å². The molecule has 31 heavy (non-hydrogen) atoms. The van der Waals surface area contributed by atoms with Crippen molar-refractivity contribution in [1.82, 2.24) is 14.7 Å². The molecule has 2 heterocycles. The van der Waals surface area contributed by atoms with E-state index in [9.17, 15) is 4.79 Å². The van der Waals surface area contributed by atoms with Crippen LogP contribution in [-0.4, -0.2) is 27.2 Å². The van der Waals surface area contributed by atoms with Crippen molar-refractivity contribution < 1.29 is 13.9 Å². The summed E-state index contributed by atoms with van der Waals surface area (Å²) in [5.74, 6) is 1.33. The molecule has 0 aliphatic heterocycles. The van der Waals surface area contributed by atoms with Gasteiger partial charge in [0.15, 0.2) is 6.61 Å². The molecule has 0 unspecified atom stereocenters. The van der Waals surface area contributed by atoms with Gasteiger partial charge in [-0.05, 0) is 59.9 Å². The molecule has 6 nitrogen and oxygen atoms in total. The standard InChI is InChI=1S/C25H25N3O3/c1-27-24-10-4-9-22(24)23(26-27)16-28(15-21-8-5-13-30-21)25(29)17-31-20-12-11-18-6-2-3-7-19(18)14-20/h2-3,5-8,11-14H,4,9-10,15-17H2,1H3. The number of aromatic nitrogens is 2. The van der Waals surface area contributed by atoms with E-state index in [0.29, 0.717) is 18.8 Å². The molecule has 0 atom stereocenters. The Bertz CT molecular complexity index is 1210. The van der Waals surface area contributed by atoms with Crippen LogP contribution in [0.1, 0.15) is 29.1 Å². The first-order valence-corrected chi connectivity index (χ1v) is 10.6. The van der Waals surface area contributed by atoms with E-state index in [4.69, 9.17) is 9.15 Å². The van der Waals surface area contributed by atoms with Crippen LogP contribution in [-0.2, 0) is 37.8 Å². The molecule has 2 aromatic carbocycles. The third kappa shape index (κ3) is 4.06. The number of furan rings is 1. The lowest BCUT2D eigenvalue weighted by Gasteiger charge is -2.21. The van der Waals surface area contributed by atoms with E-state index in [1.54, 1.807) is 11.2 Å². The molecule has 1 amide bonds. The highest BCUT2D eigenvalue weighted by Crippen LogP contribution is 2.26. The van der Waals surface area contributed by atoms with E-state index >= 15 is 0 Å². The van der Waals surface area contributed by atoms with Crippen molar-refractivity contribution in [3.8, 4) is 5.75 Å². The summed E-state index contributed by atoms with van der Waals surface area (Å²) in [6.45, 7) is 0.802. The zero-order valence-corrected chi connectivity index (χ0v) is 17.6. The number of carbonyl (C=O) groups excluding carboxylic acids is 1. The Kier molecular flexibility index (Phi) is 5.20. The van der Waals surface area contributed by atoms with Gasteiger partial charge in [0.1, 0.15) is 11.5 Å². The van der Waals surface area contributed by atoms with Gasteiger partial charge in [0.25, 0.3) is 5.91 Å². The molecule has 0 saturated carbocycles. The normalized spacial score (nSPS) is 12.8. The van der Waals surface area contributed by atoms with E-state index < -0.39 is 0 Å². The molecule has 5 rings (SSSR count). The first-order valence-electron chi connectivity index (χ1n) is 10.6. The molecule has 0 radical (unpaired) electrons. The van der Waals surface area contributed by atoms with Crippen molar-refractivity contribution in [3.05, 3.63) is 83.6 Å². The fraction of sp³-hybridized carbons (Fsp3) is 0.280. The van der Waals surface area contributed by atoms with Crippen molar-refractivity contribution in [2.45, 2.75) is 32.4 Å². The predicted molar refractivity (Wildman–Crippen MR) is 118 cm³/mol. The summed E-state index contributed by atoms with van der Waals surface area (Å²) in [6.07, 6.45) is 4.85. The molecule has 1 aliphatic rings. The summed E-state index contributed by atoms with van der Waals surface area (Å²) in [4.78, 5) is 14.9. The van der Waals surface area contributed by atoms with Crippen molar-refractivity contribution in [3.63, 3.8) is 0 Å². The third-order valence-corrected chi connectivity index (χ3v) is 5.90. The lowest BCUT2D eigenvalue weighted by molar-refractivity contribution is -0.135. The second-order valence-corrected chi connectivity index (χ2v) is 7.98. The quantitative estimate of drug-likeness (QED) is 0.452. The molecule has 6 heteroatoms. The maximum atomic E-state index is 13.1. The number of hydrogen-bond donors (Lipinski definition) is 0. The Morgan fingerprint density at radius 2 is 1.97 bits per heavy atom. The van der Waals surface area contributed by atoms with Crippen LogP contribution in [0.2, 0.25) is 0 Å². The number of benzene rings is 2. The van der Waals surface area contributed by atoms with Gasteiger partial charge in [0, 0.05) is 12.7 Å². The maximum Gasteiger partial charge on any atom is 0.261 e. The number of rotatable bonds is 7. The number of amides is 1. The number of carbonyl (C=O) groups is 1. The summed E-state index contributed by atoms with van der Waals surface area (Å²) in [5, 5.41) is 6.92. The molecular formula is C25H25N3O3. The van der Waals surface area contributed by atoms with Crippen LogP contribution in [0, 0.1) is 0 Å². The van der Waals surface area contributed by atoms with Crippen LogP contribution >= 0.6 is 0 Å². The van der Waals surface area contributed by atoms with Gasteiger partial charge < -0.3 is 14.1 Å². The SMILES string of the molecule is Cn1nc(CN(Cc2ccco2)C(=O)COc2ccc3ccccc3c2)c2c1CCC2. The lowest BCUT2D eigenvalue weighted by atomic mass is 10.1. The van der Waals surface area contributed by atoms with Gasteiger partial charge in [-0.15, -0.1) is 0 Å². The van der Waals surface area contributed by atoms with Gasteiger partial charge in [0.2, 0.25) is 0 Å². The average molecular weight is 415 g/mol. The van der Waals surface area contributed by atoms with Gasteiger partial charge in [-0.25, -0.2) is 0 Å². The third-order valence-electron chi connectivity index (χ3n) is 5.90. The fourth-order valence-electron chi connectivity index (χ4n) is 4.32.